The fourth-order valence-corrected chi connectivity index (χ4v) is 3.57. The molecule has 0 fully saturated rings. The molecule has 0 aliphatic carbocycles. The second kappa shape index (κ2) is 21.5. The maximum absolute atomic E-state index is 5.49. The molecule has 0 aromatic carbocycles. The fraction of sp³-hybridized carbons (Fsp3) is 0.769. The maximum Gasteiger partial charge on any atom is -0.00772 e. The minimum atomic E-state index is 0.820. The minimum absolute atomic E-state index is 0.820. The normalized spacial score (nSPS) is 13.0. The molecule has 1 heteroatoms. The van der Waals surface area contributed by atoms with E-state index >= 15 is 0 Å². The Hall–Kier alpha value is -0.820. The van der Waals surface area contributed by atoms with E-state index in [1.54, 1.807) is 0 Å². The van der Waals surface area contributed by atoms with Crippen LogP contribution in [0.15, 0.2) is 36.5 Å². The summed E-state index contributed by atoms with van der Waals surface area (Å²) < 4.78 is 0. The van der Waals surface area contributed by atoms with Crippen LogP contribution >= 0.6 is 0 Å². The molecule has 158 valence electrons. The number of hydrogen-bond acceptors (Lipinski definition) is 1. The van der Waals surface area contributed by atoms with Gasteiger partial charge in [0, 0.05) is 0 Å². The van der Waals surface area contributed by atoms with Gasteiger partial charge >= 0.3 is 0 Å². The van der Waals surface area contributed by atoms with E-state index in [0.717, 1.165) is 25.3 Å². The first kappa shape index (κ1) is 26.2. The molecule has 1 atom stereocenters. The van der Waals surface area contributed by atoms with Gasteiger partial charge in [-0.15, -0.1) is 0 Å². The molecule has 0 aromatic heterocycles. The molecule has 0 amide bonds. The van der Waals surface area contributed by atoms with Crippen molar-refractivity contribution in [2.24, 2.45) is 11.7 Å². The van der Waals surface area contributed by atoms with Crippen LogP contribution in [-0.4, -0.2) is 6.54 Å². The molecule has 0 aliphatic heterocycles. The van der Waals surface area contributed by atoms with E-state index in [0.29, 0.717) is 0 Å². The molecule has 0 radical (unpaired) electrons. The van der Waals surface area contributed by atoms with Gasteiger partial charge in [0.15, 0.2) is 0 Å². The van der Waals surface area contributed by atoms with E-state index < -0.39 is 0 Å². The zero-order chi connectivity index (χ0) is 20.0. The Morgan fingerprint density at radius 1 is 0.778 bits per heavy atom. The number of nitrogens with two attached hydrogens (primary N) is 1. The molecule has 0 heterocycles. The number of rotatable bonds is 20. The summed E-state index contributed by atoms with van der Waals surface area (Å²) in [5.41, 5.74) is 6.98. The lowest BCUT2D eigenvalue weighted by atomic mass is 9.92. The second-order valence-corrected chi connectivity index (χ2v) is 8.12. The van der Waals surface area contributed by atoms with Gasteiger partial charge in [-0.3, -0.25) is 0 Å². The summed E-state index contributed by atoms with van der Waals surface area (Å²) in [6.07, 6.45) is 29.8. The van der Waals surface area contributed by atoms with Gasteiger partial charge in [-0.25, -0.2) is 0 Å². The van der Waals surface area contributed by atoms with Crippen LogP contribution in [0.25, 0.3) is 0 Å². The van der Waals surface area contributed by atoms with Crippen molar-refractivity contribution < 1.29 is 0 Å². The van der Waals surface area contributed by atoms with Crippen molar-refractivity contribution >= 4 is 0 Å². The first-order chi connectivity index (χ1) is 13.2. The van der Waals surface area contributed by atoms with Crippen molar-refractivity contribution in [1.29, 1.82) is 0 Å². The summed E-state index contributed by atoms with van der Waals surface area (Å²) in [7, 11) is 0. The zero-order valence-electron chi connectivity index (χ0n) is 18.7. The van der Waals surface area contributed by atoms with E-state index in [2.05, 4.69) is 44.7 Å². The SMILES string of the molecule is C=C(CCCCCCC/C=C\C/C=C\CCCCN)CCC(CC)CCC. The van der Waals surface area contributed by atoms with Gasteiger partial charge in [-0.2, -0.15) is 0 Å². The van der Waals surface area contributed by atoms with Gasteiger partial charge < -0.3 is 5.73 Å². The highest BCUT2D eigenvalue weighted by molar-refractivity contribution is 4.94. The second-order valence-electron chi connectivity index (χ2n) is 8.12. The molecule has 0 spiro atoms. The Labute approximate surface area is 171 Å². The molecule has 1 nitrogen and oxygen atoms in total. The minimum Gasteiger partial charge on any atom is -0.330 e. The van der Waals surface area contributed by atoms with E-state index in [1.807, 2.05) is 0 Å². The molecule has 1 unspecified atom stereocenters. The van der Waals surface area contributed by atoms with Gasteiger partial charge in [0.1, 0.15) is 0 Å². The highest BCUT2D eigenvalue weighted by Crippen LogP contribution is 2.22. The third-order valence-corrected chi connectivity index (χ3v) is 5.51. The highest BCUT2D eigenvalue weighted by Gasteiger charge is 2.05. The quantitative estimate of drug-likeness (QED) is 0.167. The lowest BCUT2D eigenvalue weighted by Gasteiger charge is -2.14. The Morgan fingerprint density at radius 2 is 1.41 bits per heavy atom. The van der Waals surface area contributed by atoms with Crippen LogP contribution in [0.3, 0.4) is 0 Å². The number of allylic oxidation sites excluding steroid dienone is 5. The zero-order valence-corrected chi connectivity index (χ0v) is 18.7. The predicted octanol–water partition coefficient (Wildman–Crippen LogP) is 8.51. The molecular formula is C26H49N. The topological polar surface area (TPSA) is 26.0 Å². The summed E-state index contributed by atoms with van der Waals surface area (Å²) in [4.78, 5) is 0. The van der Waals surface area contributed by atoms with Gasteiger partial charge in [0.05, 0.1) is 0 Å². The summed E-state index contributed by atoms with van der Waals surface area (Å²) in [5, 5.41) is 0. The van der Waals surface area contributed by atoms with E-state index in [-0.39, 0.29) is 0 Å². The standard InChI is InChI=1S/C26H49N/c1-4-20-26(5-2)23-22-25(3)21-18-16-14-12-10-8-6-7-9-11-13-15-17-19-24-27/h6-7,11,13,26H,3-5,8-10,12,14-24,27H2,1-2H3/b7-6-,13-11-. The lowest BCUT2D eigenvalue weighted by molar-refractivity contribution is 0.429. The summed E-state index contributed by atoms with van der Waals surface area (Å²) in [6, 6.07) is 0. The van der Waals surface area contributed by atoms with Crippen LogP contribution in [0.5, 0.6) is 0 Å². The Bertz CT molecular complexity index is 366. The molecule has 0 bridgehead atoms. The molecule has 2 N–H and O–H groups in total. The van der Waals surface area contributed by atoms with E-state index in [1.165, 1.54) is 95.5 Å². The lowest BCUT2D eigenvalue weighted by Crippen LogP contribution is -1.99. The Balaban J connectivity index is 3.39. The van der Waals surface area contributed by atoms with E-state index in [4.69, 9.17) is 5.73 Å². The molecule has 27 heavy (non-hydrogen) atoms. The van der Waals surface area contributed by atoms with Gasteiger partial charge in [-0.1, -0.05) is 88.8 Å². The third kappa shape index (κ3) is 19.7. The van der Waals surface area contributed by atoms with Crippen LogP contribution < -0.4 is 5.73 Å². The average Bonchev–Trinajstić information content (AvgIpc) is 2.68. The Kier molecular flexibility index (Phi) is 20.8. The van der Waals surface area contributed by atoms with Crippen molar-refractivity contribution in [3.8, 4) is 0 Å². The van der Waals surface area contributed by atoms with Gasteiger partial charge in [0.25, 0.3) is 0 Å². The van der Waals surface area contributed by atoms with Crippen molar-refractivity contribution in [2.45, 2.75) is 117 Å². The van der Waals surface area contributed by atoms with Gasteiger partial charge in [-0.05, 0) is 76.7 Å². The summed E-state index contributed by atoms with van der Waals surface area (Å²) in [5.74, 6) is 0.923. The summed E-state index contributed by atoms with van der Waals surface area (Å²) in [6.45, 7) is 9.76. The maximum atomic E-state index is 5.49. The smallest absolute Gasteiger partial charge is 0.00772 e. The number of unbranched alkanes of at least 4 members (excludes halogenated alkanes) is 7. The molecule has 0 saturated heterocycles. The van der Waals surface area contributed by atoms with Crippen LogP contribution in [0.1, 0.15) is 117 Å². The Morgan fingerprint density at radius 3 is 2.04 bits per heavy atom. The molecule has 0 aliphatic rings. The first-order valence-electron chi connectivity index (χ1n) is 11.9. The first-order valence-corrected chi connectivity index (χ1v) is 11.9. The highest BCUT2D eigenvalue weighted by atomic mass is 14.5. The van der Waals surface area contributed by atoms with Crippen LogP contribution in [0, 0.1) is 5.92 Å². The third-order valence-electron chi connectivity index (χ3n) is 5.51. The average molecular weight is 376 g/mol. The molecule has 0 rings (SSSR count). The van der Waals surface area contributed by atoms with Crippen LogP contribution in [0.2, 0.25) is 0 Å². The van der Waals surface area contributed by atoms with Gasteiger partial charge in [0.2, 0.25) is 0 Å². The predicted molar refractivity (Wildman–Crippen MR) is 125 cm³/mol. The number of hydrogen-bond donors (Lipinski definition) is 1. The van der Waals surface area contributed by atoms with E-state index in [9.17, 15) is 0 Å². The van der Waals surface area contributed by atoms with Crippen LogP contribution in [-0.2, 0) is 0 Å². The van der Waals surface area contributed by atoms with Crippen molar-refractivity contribution in [2.75, 3.05) is 6.54 Å². The fourth-order valence-electron chi connectivity index (χ4n) is 3.57. The molecular weight excluding hydrogens is 326 g/mol. The van der Waals surface area contributed by atoms with Crippen molar-refractivity contribution in [1.82, 2.24) is 0 Å². The molecule has 0 aromatic rings. The monoisotopic (exact) mass is 375 g/mol. The molecule has 0 saturated carbocycles. The summed E-state index contributed by atoms with van der Waals surface area (Å²) >= 11 is 0. The van der Waals surface area contributed by atoms with Crippen molar-refractivity contribution in [3.63, 3.8) is 0 Å². The largest absolute Gasteiger partial charge is 0.330 e. The van der Waals surface area contributed by atoms with Crippen LogP contribution in [0.4, 0.5) is 0 Å². The van der Waals surface area contributed by atoms with Crippen molar-refractivity contribution in [3.05, 3.63) is 36.5 Å².